The number of benzene rings is 1. The van der Waals surface area contributed by atoms with E-state index >= 15 is 0 Å². The first-order valence-electron chi connectivity index (χ1n) is 7.92. The van der Waals surface area contributed by atoms with E-state index in [1.807, 2.05) is 6.07 Å². The van der Waals surface area contributed by atoms with Crippen molar-refractivity contribution in [2.24, 2.45) is 11.8 Å². The average molecular weight is 287 g/mol. The van der Waals surface area contributed by atoms with Gasteiger partial charge in [-0.15, -0.1) is 0 Å². The minimum atomic E-state index is 0.128. The zero-order valence-electron chi connectivity index (χ0n) is 13.9. The fourth-order valence-electron chi connectivity index (χ4n) is 2.46. The van der Waals surface area contributed by atoms with Gasteiger partial charge in [0.15, 0.2) is 0 Å². The van der Waals surface area contributed by atoms with Crippen LogP contribution in [-0.2, 0) is 6.54 Å². The predicted molar refractivity (Wildman–Crippen MR) is 90.0 cm³/mol. The maximum Gasteiger partial charge on any atom is 0.0540 e. The van der Waals surface area contributed by atoms with E-state index in [-0.39, 0.29) is 6.61 Å². The Labute approximate surface area is 130 Å². The lowest BCUT2D eigenvalue weighted by Gasteiger charge is -2.26. The van der Waals surface area contributed by atoms with Crippen molar-refractivity contribution in [3.8, 4) is 11.8 Å². The van der Waals surface area contributed by atoms with Gasteiger partial charge in [0.2, 0.25) is 0 Å². The molecule has 1 rings (SSSR count). The standard InChI is InChI=1S/C19H29NO/c1-16(2)13-20(14-17(3)4)15-19-10-7-9-18(12-19)8-5-6-11-21/h7,9-10,12,16-17,21H,6,11,13-15H2,1-4H3. The summed E-state index contributed by atoms with van der Waals surface area (Å²) in [7, 11) is 0. The van der Waals surface area contributed by atoms with E-state index in [1.54, 1.807) is 0 Å². The summed E-state index contributed by atoms with van der Waals surface area (Å²) in [4.78, 5) is 2.52. The van der Waals surface area contributed by atoms with Crippen LogP contribution in [0.4, 0.5) is 0 Å². The van der Waals surface area contributed by atoms with Crippen LogP contribution in [0.2, 0.25) is 0 Å². The molecular weight excluding hydrogens is 258 g/mol. The molecule has 116 valence electrons. The molecule has 1 aromatic carbocycles. The van der Waals surface area contributed by atoms with Crippen LogP contribution in [0.5, 0.6) is 0 Å². The lowest BCUT2D eigenvalue weighted by Crippen LogP contribution is -2.30. The number of nitrogens with zero attached hydrogens (tertiary/aromatic N) is 1. The summed E-state index contributed by atoms with van der Waals surface area (Å²) in [6, 6.07) is 8.44. The zero-order valence-corrected chi connectivity index (χ0v) is 13.9. The fourth-order valence-corrected chi connectivity index (χ4v) is 2.46. The summed E-state index contributed by atoms with van der Waals surface area (Å²) in [6.45, 7) is 12.4. The highest BCUT2D eigenvalue weighted by Gasteiger charge is 2.10. The van der Waals surface area contributed by atoms with Crippen LogP contribution in [0.15, 0.2) is 24.3 Å². The van der Waals surface area contributed by atoms with Crippen molar-refractivity contribution < 1.29 is 5.11 Å². The smallest absolute Gasteiger partial charge is 0.0540 e. The Balaban J connectivity index is 2.74. The predicted octanol–water partition coefficient (Wildman–Crippen LogP) is 3.53. The molecular formula is C19H29NO. The number of aliphatic hydroxyl groups excluding tert-OH is 1. The summed E-state index contributed by atoms with van der Waals surface area (Å²) < 4.78 is 0. The van der Waals surface area contributed by atoms with E-state index in [9.17, 15) is 0 Å². The van der Waals surface area contributed by atoms with E-state index in [4.69, 9.17) is 5.11 Å². The van der Waals surface area contributed by atoms with Crippen LogP contribution >= 0.6 is 0 Å². The molecule has 0 radical (unpaired) electrons. The first-order valence-corrected chi connectivity index (χ1v) is 7.92. The third-order valence-corrected chi connectivity index (χ3v) is 3.05. The molecule has 0 spiro atoms. The second kappa shape index (κ2) is 9.60. The first kappa shape index (κ1) is 17.8. The molecule has 0 fully saturated rings. The Morgan fingerprint density at radius 3 is 2.33 bits per heavy atom. The van der Waals surface area contributed by atoms with Gasteiger partial charge in [0.05, 0.1) is 6.61 Å². The molecule has 21 heavy (non-hydrogen) atoms. The molecule has 0 heterocycles. The fraction of sp³-hybridized carbons (Fsp3) is 0.579. The van der Waals surface area contributed by atoms with Gasteiger partial charge in [0.25, 0.3) is 0 Å². The topological polar surface area (TPSA) is 23.5 Å². The van der Waals surface area contributed by atoms with E-state index in [0.717, 1.165) is 25.2 Å². The largest absolute Gasteiger partial charge is 0.395 e. The maximum absolute atomic E-state index is 8.78. The Kier molecular flexibility index (Phi) is 8.12. The Morgan fingerprint density at radius 1 is 1.10 bits per heavy atom. The van der Waals surface area contributed by atoms with Gasteiger partial charge >= 0.3 is 0 Å². The number of hydrogen-bond acceptors (Lipinski definition) is 2. The Hall–Kier alpha value is -1.30. The van der Waals surface area contributed by atoms with Gasteiger partial charge in [-0.05, 0) is 29.5 Å². The molecule has 0 aliphatic carbocycles. The first-order chi connectivity index (χ1) is 10.0. The molecule has 0 atom stereocenters. The van der Waals surface area contributed by atoms with E-state index < -0.39 is 0 Å². The number of aliphatic hydroxyl groups is 1. The van der Waals surface area contributed by atoms with Gasteiger partial charge in [-0.2, -0.15) is 0 Å². The van der Waals surface area contributed by atoms with Crippen molar-refractivity contribution >= 4 is 0 Å². The molecule has 1 aromatic rings. The van der Waals surface area contributed by atoms with Crippen LogP contribution in [0, 0.1) is 23.7 Å². The molecule has 2 nitrogen and oxygen atoms in total. The lowest BCUT2D eigenvalue weighted by atomic mass is 10.1. The van der Waals surface area contributed by atoms with Gasteiger partial charge in [-0.1, -0.05) is 51.7 Å². The molecule has 0 amide bonds. The van der Waals surface area contributed by atoms with Gasteiger partial charge < -0.3 is 5.11 Å². The van der Waals surface area contributed by atoms with Crippen molar-refractivity contribution in [1.82, 2.24) is 4.90 Å². The summed E-state index contributed by atoms with van der Waals surface area (Å²) in [5.41, 5.74) is 2.35. The highest BCUT2D eigenvalue weighted by molar-refractivity contribution is 5.37. The minimum absolute atomic E-state index is 0.128. The van der Waals surface area contributed by atoms with Gasteiger partial charge in [0.1, 0.15) is 0 Å². The SMILES string of the molecule is CC(C)CN(Cc1cccc(C#CCCO)c1)CC(C)C. The van der Waals surface area contributed by atoms with Crippen molar-refractivity contribution in [1.29, 1.82) is 0 Å². The Bertz CT molecular complexity index is 458. The molecule has 0 bridgehead atoms. The molecule has 0 saturated carbocycles. The second-order valence-electron chi connectivity index (χ2n) is 6.46. The summed E-state index contributed by atoms with van der Waals surface area (Å²) in [5.74, 6) is 7.45. The van der Waals surface area contributed by atoms with Crippen molar-refractivity contribution in [2.75, 3.05) is 19.7 Å². The van der Waals surface area contributed by atoms with Crippen LogP contribution < -0.4 is 0 Å². The second-order valence-corrected chi connectivity index (χ2v) is 6.46. The van der Waals surface area contributed by atoms with Crippen molar-refractivity contribution in [3.63, 3.8) is 0 Å². The molecule has 0 saturated heterocycles. The summed E-state index contributed by atoms with van der Waals surface area (Å²) in [5, 5.41) is 8.78. The van der Waals surface area contributed by atoms with Crippen molar-refractivity contribution in [2.45, 2.75) is 40.7 Å². The van der Waals surface area contributed by atoms with Crippen molar-refractivity contribution in [3.05, 3.63) is 35.4 Å². The van der Waals surface area contributed by atoms with Gasteiger partial charge in [0, 0.05) is 31.6 Å². The molecule has 1 N–H and O–H groups in total. The molecule has 0 unspecified atom stereocenters. The number of hydrogen-bond donors (Lipinski definition) is 1. The highest BCUT2D eigenvalue weighted by atomic mass is 16.2. The zero-order chi connectivity index (χ0) is 15.7. The monoisotopic (exact) mass is 287 g/mol. The molecule has 2 heteroatoms. The summed E-state index contributed by atoms with van der Waals surface area (Å²) >= 11 is 0. The minimum Gasteiger partial charge on any atom is -0.395 e. The third kappa shape index (κ3) is 7.90. The maximum atomic E-state index is 8.78. The van der Waals surface area contributed by atoms with Crippen LogP contribution in [0.1, 0.15) is 45.2 Å². The Morgan fingerprint density at radius 2 is 1.76 bits per heavy atom. The third-order valence-electron chi connectivity index (χ3n) is 3.05. The molecule has 0 aliphatic heterocycles. The van der Waals surface area contributed by atoms with E-state index in [1.165, 1.54) is 5.56 Å². The van der Waals surface area contributed by atoms with E-state index in [0.29, 0.717) is 18.3 Å². The molecule has 0 aliphatic rings. The lowest BCUT2D eigenvalue weighted by molar-refractivity contribution is 0.211. The van der Waals surface area contributed by atoms with Crippen LogP contribution in [0.3, 0.4) is 0 Å². The average Bonchev–Trinajstić information content (AvgIpc) is 2.38. The normalized spacial score (nSPS) is 11.0. The van der Waals surface area contributed by atoms with Crippen LogP contribution in [0.25, 0.3) is 0 Å². The van der Waals surface area contributed by atoms with Gasteiger partial charge in [-0.25, -0.2) is 0 Å². The van der Waals surface area contributed by atoms with E-state index in [2.05, 4.69) is 62.6 Å². The quantitative estimate of drug-likeness (QED) is 0.775. The van der Waals surface area contributed by atoms with Gasteiger partial charge in [-0.3, -0.25) is 4.90 Å². The highest BCUT2D eigenvalue weighted by Crippen LogP contribution is 2.11. The molecule has 0 aromatic heterocycles. The van der Waals surface area contributed by atoms with Crippen LogP contribution in [-0.4, -0.2) is 29.7 Å². The summed E-state index contributed by atoms with van der Waals surface area (Å²) in [6.07, 6.45) is 0.539. The number of rotatable bonds is 7.